The minimum absolute atomic E-state index is 0.244. The summed E-state index contributed by atoms with van der Waals surface area (Å²) in [6.45, 7) is 9.68. The first-order chi connectivity index (χ1) is 8.42. The fraction of sp³-hybridized carbons (Fsp3) is 0.500. The molecule has 0 radical (unpaired) electrons. The van der Waals surface area contributed by atoms with Crippen LogP contribution < -0.4 is 5.73 Å². The zero-order valence-electron chi connectivity index (χ0n) is 11.6. The first-order valence-electron chi connectivity index (χ1n) is 6.20. The highest BCUT2D eigenvalue weighted by molar-refractivity contribution is 5.81. The number of oxime groups is 1. The second-order valence-electron chi connectivity index (χ2n) is 5.09. The summed E-state index contributed by atoms with van der Waals surface area (Å²) < 4.78 is 0. The third-order valence-electron chi connectivity index (χ3n) is 2.89. The molecule has 100 valence electrons. The SMILES string of the molecule is Cc1cc(C)cc(CN(CC(N)=NO)C(C)C)c1. The number of nitrogens with zero attached hydrogens (tertiary/aromatic N) is 2. The van der Waals surface area contributed by atoms with Crippen LogP contribution in [0.2, 0.25) is 0 Å². The number of hydrogen-bond acceptors (Lipinski definition) is 3. The lowest BCUT2D eigenvalue weighted by Gasteiger charge is -2.26. The molecule has 0 aliphatic heterocycles. The van der Waals surface area contributed by atoms with Crippen molar-refractivity contribution in [3.05, 3.63) is 34.9 Å². The van der Waals surface area contributed by atoms with Gasteiger partial charge in [-0.1, -0.05) is 34.5 Å². The van der Waals surface area contributed by atoms with Crippen molar-refractivity contribution < 1.29 is 5.21 Å². The Morgan fingerprint density at radius 1 is 1.28 bits per heavy atom. The van der Waals surface area contributed by atoms with E-state index in [4.69, 9.17) is 10.9 Å². The molecular formula is C14H23N3O. The number of nitrogens with two attached hydrogens (primary N) is 1. The van der Waals surface area contributed by atoms with Crippen molar-refractivity contribution in [3.8, 4) is 0 Å². The van der Waals surface area contributed by atoms with E-state index in [0.717, 1.165) is 6.54 Å². The van der Waals surface area contributed by atoms with Crippen LogP contribution >= 0.6 is 0 Å². The van der Waals surface area contributed by atoms with E-state index in [2.05, 4.69) is 55.9 Å². The van der Waals surface area contributed by atoms with Crippen LogP contribution in [0.15, 0.2) is 23.4 Å². The standard InChI is InChI=1S/C14H23N3O/c1-10(2)17(9-14(15)16-18)8-13-6-11(3)5-12(4)7-13/h5-7,10,18H,8-9H2,1-4H3,(H2,15,16). The molecule has 0 aromatic heterocycles. The van der Waals surface area contributed by atoms with E-state index in [0.29, 0.717) is 12.6 Å². The molecule has 0 atom stereocenters. The predicted octanol–water partition coefficient (Wildman–Crippen LogP) is 2.26. The Balaban J connectivity index is 2.83. The molecule has 1 aromatic carbocycles. The van der Waals surface area contributed by atoms with Gasteiger partial charge >= 0.3 is 0 Å². The molecule has 1 rings (SSSR count). The molecular weight excluding hydrogens is 226 g/mol. The predicted molar refractivity (Wildman–Crippen MR) is 74.9 cm³/mol. The Bertz CT molecular complexity index is 407. The van der Waals surface area contributed by atoms with Crippen LogP contribution in [-0.4, -0.2) is 28.5 Å². The Labute approximate surface area is 109 Å². The summed E-state index contributed by atoms with van der Waals surface area (Å²) in [5.74, 6) is 0.244. The van der Waals surface area contributed by atoms with Gasteiger partial charge in [0.1, 0.15) is 0 Å². The number of amidine groups is 1. The van der Waals surface area contributed by atoms with Gasteiger partial charge in [-0.25, -0.2) is 0 Å². The molecule has 4 heteroatoms. The molecule has 0 unspecified atom stereocenters. The van der Waals surface area contributed by atoms with E-state index in [1.54, 1.807) is 0 Å². The maximum absolute atomic E-state index is 8.66. The fourth-order valence-electron chi connectivity index (χ4n) is 2.06. The van der Waals surface area contributed by atoms with Crippen molar-refractivity contribution in [3.63, 3.8) is 0 Å². The van der Waals surface area contributed by atoms with Gasteiger partial charge in [0.25, 0.3) is 0 Å². The summed E-state index contributed by atoms with van der Waals surface area (Å²) in [5.41, 5.74) is 9.36. The first kappa shape index (κ1) is 14.5. The normalized spacial score (nSPS) is 12.4. The van der Waals surface area contributed by atoms with E-state index in [9.17, 15) is 0 Å². The highest BCUT2D eigenvalue weighted by Crippen LogP contribution is 2.13. The van der Waals surface area contributed by atoms with Crippen molar-refractivity contribution in [2.24, 2.45) is 10.9 Å². The minimum Gasteiger partial charge on any atom is -0.409 e. The van der Waals surface area contributed by atoms with Gasteiger partial charge in [-0.2, -0.15) is 0 Å². The van der Waals surface area contributed by atoms with Gasteiger partial charge < -0.3 is 10.9 Å². The van der Waals surface area contributed by atoms with Crippen molar-refractivity contribution in [1.82, 2.24) is 4.90 Å². The van der Waals surface area contributed by atoms with Crippen molar-refractivity contribution in [2.75, 3.05) is 6.54 Å². The summed E-state index contributed by atoms with van der Waals surface area (Å²) in [7, 11) is 0. The highest BCUT2D eigenvalue weighted by atomic mass is 16.4. The average Bonchev–Trinajstić information content (AvgIpc) is 2.26. The van der Waals surface area contributed by atoms with Crippen LogP contribution in [0.4, 0.5) is 0 Å². The molecule has 0 aliphatic carbocycles. The van der Waals surface area contributed by atoms with E-state index >= 15 is 0 Å². The number of benzene rings is 1. The summed E-state index contributed by atoms with van der Waals surface area (Å²) in [6, 6.07) is 6.85. The van der Waals surface area contributed by atoms with Gasteiger partial charge in [-0.15, -0.1) is 0 Å². The molecule has 0 fully saturated rings. The quantitative estimate of drug-likeness (QED) is 0.364. The van der Waals surface area contributed by atoms with Crippen LogP contribution in [0, 0.1) is 13.8 Å². The topological polar surface area (TPSA) is 61.8 Å². The monoisotopic (exact) mass is 249 g/mol. The van der Waals surface area contributed by atoms with Crippen molar-refractivity contribution >= 4 is 5.84 Å². The van der Waals surface area contributed by atoms with E-state index in [1.165, 1.54) is 16.7 Å². The molecule has 0 saturated heterocycles. The van der Waals surface area contributed by atoms with Gasteiger partial charge in [0, 0.05) is 12.6 Å². The third-order valence-corrected chi connectivity index (χ3v) is 2.89. The van der Waals surface area contributed by atoms with E-state index in [-0.39, 0.29) is 5.84 Å². The molecule has 0 spiro atoms. The average molecular weight is 249 g/mol. The molecule has 0 heterocycles. The molecule has 1 aromatic rings. The van der Waals surface area contributed by atoms with Gasteiger partial charge in [-0.05, 0) is 33.3 Å². The molecule has 3 N–H and O–H groups in total. The number of rotatable bonds is 5. The van der Waals surface area contributed by atoms with Crippen LogP contribution in [0.25, 0.3) is 0 Å². The zero-order chi connectivity index (χ0) is 13.7. The lowest BCUT2D eigenvalue weighted by Crippen LogP contribution is -2.38. The Kier molecular flexibility index (Phi) is 5.16. The van der Waals surface area contributed by atoms with Gasteiger partial charge in [0.2, 0.25) is 0 Å². The van der Waals surface area contributed by atoms with Gasteiger partial charge in [0.05, 0.1) is 6.54 Å². The maximum atomic E-state index is 8.66. The van der Waals surface area contributed by atoms with Crippen LogP contribution in [0.1, 0.15) is 30.5 Å². The third kappa shape index (κ3) is 4.37. The lowest BCUT2D eigenvalue weighted by molar-refractivity contribution is 0.238. The summed E-state index contributed by atoms with van der Waals surface area (Å²) in [5, 5.41) is 11.7. The van der Waals surface area contributed by atoms with Crippen molar-refractivity contribution in [1.29, 1.82) is 0 Å². The lowest BCUT2D eigenvalue weighted by atomic mass is 10.1. The van der Waals surface area contributed by atoms with E-state index in [1.807, 2.05) is 0 Å². The highest BCUT2D eigenvalue weighted by Gasteiger charge is 2.12. The summed E-state index contributed by atoms with van der Waals surface area (Å²) in [4.78, 5) is 2.17. The second-order valence-corrected chi connectivity index (χ2v) is 5.09. The minimum atomic E-state index is 0.244. The largest absolute Gasteiger partial charge is 0.409 e. The molecule has 0 bridgehead atoms. The summed E-state index contributed by atoms with van der Waals surface area (Å²) >= 11 is 0. The first-order valence-corrected chi connectivity index (χ1v) is 6.20. The smallest absolute Gasteiger partial charge is 0.153 e. The van der Waals surface area contributed by atoms with Gasteiger partial charge in [0.15, 0.2) is 5.84 Å². The number of hydrogen-bond donors (Lipinski definition) is 2. The Morgan fingerprint density at radius 3 is 2.28 bits per heavy atom. The second kappa shape index (κ2) is 6.40. The molecule has 0 aliphatic rings. The zero-order valence-corrected chi connectivity index (χ0v) is 11.6. The Hall–Kier alpha value is -1.55. The fourth-order valence-corrected chi connectivity index (χ4v) is 2.06. The van der Waals surface area contributed by atoms with Crippen molar-refractivity contribution in [2.45, 2.75) is 40.3 Å². The van der Waals surface area contributed by atoms with Crippen LogP contribution in [0.5, 0.6) is 0 Å². The molecule has 4 nitrogen and oxygen atoms in total. The number of aryl methyl sites for hydroxylation is 2. The van der Waals surface area contributed by atoms with Crippen LogP contribution in [0.3, 0.4) is 0 Å². The maximum Gasteiger partial charge on any atom is 0.153 e. The van der Waals surface area contributed by atoms with E-state index < -0.39 is 0 Å². The molecule has 0 amide bonds. The molecule has 0 saturated carbocycles. The Morgan fingerprint density at radius 2 is 1.83 bits per heavy atom. The molecule has 18 heavy (non-hydrogen) atoms. The van der Waals surface area contributed by atoms with Gasteiger partial charge in [-0.3, -0.25) is 4.90 Å². The van der Waals surface area contributed by atoms with Crippen LogP contribution in [-0.2, 0) is 6.54 Å². The summed E-state index contributed by atoms with van der Waals surface area (Å²) in [6.07, 6.45) is 0.